The summed E-state index contributed by atoms with van der Waals surface area (Å²) in [6.45, 7) is 4.14. The molecule has 2 rings (SSSR count). The number of ether oxygens (including phenoxy) is 1. The monoisotopic (exact) mass is 357 g/mol. The number of nitriles is 1. The smallest absolute Gasteiger partial charge is 0.191 e. The number of carbonyl (C=O) groups excluding carboxylic acids is 1. The quantitative estimate of drug-likeness (QED) is 0.460. The molecule has 1 aromatic heterocycles. The van der Waals surface area contributed by atoms with E-state index in [1.165, 1.54) is 18.7 Å². The number of nitrogens with two attached hydrogens (primary N) is 1. The van der Waals surface area contributed by atoms with Gasteiger partial charge in [-0.05, 0) is 26.0 Å². The van der Waals surface area contributed by atoms with Crippen LogP contribution < -0.4 is 10.5 Å². The molecule has 0 aliphatic rings. The Hall–Kier alpha value is -2.79. The minimum absolute atomic E-state index is 0.0139. The van der Waals surface area contributed by atoms with Crippen LogP contribution in [0.15, 0.2) is 40.7 Å². The summed E-state index contributed by atoms with van der Waals surface area (Å²) in [4.78, 5) is 12.1. The molecule has 2 N–H and O–H groups in total. The van der Waals surface area contributed by atoms with Crippen LogP contribution in [0.4, 0.5) is 0 Å². The second kappa shape index (κ2) is 8.35. The fourth-order valence-electron chi connectivity index (χ4n) is 2.28. The molecular weight excluding hydrogens is 338 g/mol. The maximum atomic E-state index is 12.1. The predicted octanol–water partition coefficient (Wildman–Crippen LogP) is 2.39. The zero-order valence-corrected chi connectivity index (χ0v) is 15.1. The van der Waals surface area contributed by atoms with Gasteiger partial charge in [0.2, 0.25) is 0 Å². The van der Waals surface area contributed by atoms with Crippen molar-refractivity contribution in [3.8, 4) is 23.2 Å². The highest BCUT2D eigenvalue weighted by Gasteiger charge is 2.18. The lowest BCUT2D eigenvalue weighted by Gasteiger charge is -2.10. The fraction of sp³-hybridized carbons (Fsp3) is 0.294. The summed E-state index contributed by atoms with van der Waals surface area (Å²) in [5.74, 6) is 1.12. The summed E-state index contributed by atoms with van der Waals surface area (Å²) in [7, 11) is 1.60. The second-order valence-electron chi connectivity index (χ2n) is 5.13. The first-order chi connectivity index (χ1) is 12.0. The maximum absolute atomic E-state index is 12.1. The summed E-state index contributed by atoms with van der Waals surface area (Å²) < 4.78 is 7.28. The van der Waals surface area contributed by atoms with Gasteiger partial charge in [-0.1, -0.05) is 23.9 Å². The zero-order valence-electron chi connectivity index (χ0n) is 14.3. The van der Waals surface area contributed by atoms with Crippen LogP contribution in [0.3, 0.4) is 0 Å². The minimum atomic E-state index is -0.322. The van der Waals surface area contributed by atoms with E-state index >= 15 is 0 Å². The van der Waals surface area contributed by atoms with Gasteiger partial charge in [0, 0.05) is 12.2 Å². The standard InChI is InChI=1S/C17H19N5O2S/c1-4-22-16(12-7-5-6-8-15(12)24-3)20-21-17(22)25-10-14(23)13(9-18)11(2)19/h5-8H,4,10,19H2,1-3H3/b13-11+. The Morgan fingerprint density at radius 1 is 1.40 bits per heavy atom. The molecule has 0 amide bonds. The van der Waals surface area contributed by atoms with Crippen molar-refractivity contribution in [2.75, 3.05) is 12.9 Å². The average Bonchev–Trinajstić information content (AvgIpc) is 3.02. The molecule has 0 aliphatic heterocycles. The molecule has 0 unspecified atom stereocenters. The van der Waals surface area contributed by atoms with Crippen LogP contribution in [0.1, 0.15) is 13.8 Å². The Kier molecular flexibility index (Phi) is 6.19. The molecule has 8 heteroatoms. The summed E-state index contributed by atoms with van der Waals surface area (Å²) >= 11 is 1.23. The molecule has 2 aromatic rings. The van der Waals surface area contributed by atoms with Crippen molar-refractivity contribution in [2.24, 2.45) is 5.73 Å². The molecule has 1 aromatic carbocycles. The third-order valence-corrected chi connectivity index (χ3v) is 4.47. The van der Waals surface area contributed by atoms with Crippen molar-refractivity contribution in [3.05, 3.63) is 35.5 Å². The maximum Gasteiger partial charge on any atom is 0.191 e. The second-order valence-corrected chi connectivity index (χ2v) is 6.07. The zero-order chi connectivity index (χ0) is 18.4. The number of Topliss-reactive ketones (excluding diaryl/α,β-unsaturated/α-hetero) is 1. The molecule has 0 bridgehead atoms. The van der Waals surface area contributed by atoms with Crippen LogP contribution in [-0.2, 0) is 11.3 Å². The Bertz CT molecular complexity index is 847. The Labute approximate surface area is 150 Å². The van der Waals surface area contributed by atoms with Gasteiger partial charge in [0.05, 0.1) is 18.4 Å². The number of methoxy groups -OCH3 is 1. The van der Waals surface area contributed by atoms with Gasteiger partial charge >= 0.3 is 0 Å². The Morgan fingerprint density at radius 2 is 2.12 bits per heavy atom. The molecule has 25 heavy (non-hydrogen) atoms. The van der Waals surface area contributed by atoms with Crippen molar-refractivity contribution < 1.29 is 9.53 Å². The molecule has 130 valence electrons. The number of para-hydroxylation sites is 1. The van der Waals surface area contributed by atoms with Crippen LogP contribution >= 0.6 is 11.8 Å². The van der Waals surface area contributed by atoms with Crippen LogP contribution in [0.25, 0.3) is 11.4 Å². The summed E-state index contributed by atoms with van der Waals surface area (Å²) in [5, 5.41) is 18.0. The lowest BCUT2D eigenvalue weighted by atomic mass is 10.2. The molecule has 0 aliphatic carbocycles. The van der Waals surface area contributed by atoms with Gasteiger partial charge in [-0.25, -0.2) is 0 Å². The topological polar surface area (TPSA) is 107 Å². The summed E-state index contributed by atoms with van der Waals surface area (Å²) in [6, 6.07) is 9.39. The molecule has 0 atom stereocenters. The largest absolute Gasteiger partial charge is 0.496 e. The van der Waals surface area contributed by atoms with Crippen molar-refractivity contribution in [3.63, 3.8) is 0 Å². The van der Waals surface area contributed by atoms with E-state index in [0.717, 1.165) is 5.56 Å². The first-order valence-electron chi connectivity index (χ1n) is 7.62. The number of hydrogen-bond acceptors (Lipinski definition) is 7. The third-order valence-electron chi connectivity index (χ3n) is 3.50. The number of allylic oxidation sites excluding steroid dienone is 2. The molecule has 0 spiro atoms. The van der Waals surface area contributed by atoms with E-state index in [4.69, 9.17) is 15.7 Å². The first kappa shape index (κ1) is 18.5. The highest BCUT2D eigenvalue weighted by molar-refractivity contribution is 7.99. The number of ketones is 1. The lowest BCUT2D eigenvalue weighted by Crippen LogP contribution is -2.11. The van der Waals surface area contributed by atoms with Crippen LogP contribution in [0.5, 0.6) is 5.75 Å². The van der Waals surface area contributed by atoms with E-state index in [-0.39, 0.29) is 22.8 Å². The number of rotatable bonds is 7. The average molecular weight is 357 g/mol. The fourth-order valence-corrected chi connectivity index (χ4v) is 3.16. The van der Waals surface area contributed by atoms with Gasteiger partial charge in [-0.2, -0.15) is 5.26 Å². The summed E-state index contributed by atoms with van der Waals surface area (Å²) in [6.07, 6.45) is 0. The Balaban J connectivity index is 2.28. The van der Waals surface area contributed by atoms with Gasteiger partial charge in [-0.3, -0.25) is 4.79 Å². The number of thioether (sulfide) groups is 1. The first-order valence-corrected chi connectivity index (χ1v) is 8.61. The third kappa shape index (κ3) is 4.00. The van der Waals surface area contributed by atoms with Gasteiger partial charge < -0.3 is 15.0 Å². The molecular formula is C17H19N5O2S. The van der Waals surface area contributed by atoms with Crippen LogP contribution in [0.2, 0.25) is 0 Å². The molecule has 0 fully saturated rings. The predicted molar refractivity (Wildman–Crippen MR) is 95.9 cm³/mol. The van der Waals surface area contributed by atoms with E-state index < -0.39 is 0 Å². The van der Waals surface area contributed by atoms with Crippen molar-refractivity contribution in [2.45, 2.75) is 25.5 Å². The molecule has 0 saturated heterocycles. The number of hydrogen-bond donors (Lipinski definition) is 1. The number of nitrogens with zero attached hydrogens (tertiary/aromatic N) is 4. The molecule has 7 nitrogen and oxygen atoms in total. The highest BCUT2D eigenvalue weighted by atomic mass is 32.2. The van der Waals surface area contributed by atoms with Gasteiger partial charge in [0.25, 0.3) is 0 Å². The van der Waals surface area contributed by atoms with E-state index in [0.29, 0.717) is 23.3 Å². The van der Waals surface area contributed by atoms with Crippen LogP contribution in [-0.4, -0.2) is 33.4 Å². The SMILES string of the molecule is CCn1c(SCC(=O)/C(C#N)=C(\C)N)nnc1-c1ccccc1OC. The van der Waals surface area contributed by atoms with E-state index in [2.05, 4.69) is 10.2 Å². The van der Waals surface area contributed by atoms with E-state index in [9.17, 15) is 4.79 Å². The lowest BCUT2D eigenvalue weighted by molar-refractivity contribution is -0.112. The minimum Gasteiger partial charge on any atom is -0.496 e. The molecule has 1 heterocycles. The van der Waals surface area contributed by atoms with Crippen molar-refractivity contribution >= 4 is 17.5 Å². The normalized spacial score (nSPS) is 11.6. The molecule has 0 saturated carbocycles. The number of carbonyl (C=O) groups is 1. The van der Waals surface area contributed by atoms with E-state index in [1.54, 1.807) is 7.11 Å². The van der Waals surface area contributed by atoms with Gasteiger partial charge in [-0.15, -0.1) is 10.2 Å². The number of benzene rings is 1. The highest BCUT2D eigenvalue weighted by Crippen LogP contribution is 2.30. The van der Waals surface area contributed by atoms with Gasteiger partial charge in [0.1, 0.15) is 17.4 Å². The Morgan fingerprint density at radius 3 is 2.72 bits per heavy atom. The van der Waals surface area contributed by atoms with Crippen LogP contribution in [0, 0.1) is 11.3 Å². The van der Waals surface area contributed by atoms with E-state index in [1.807, 2.05) is 41.8 Å². The molecule has 0 radical (unpaired) electrons. The van der Waals surface area contributed by atoms with Crippen molar-refractivity contribution in [1.82, 2.24) is 14.8 Å². The van der Waals surface area contributed by atoms with Gasteiger partial charge in [0.15, 0.2) is 16.8 Å². The van der Waals surface area contributed by atoms with Crippen molar-refractivity contribution in [1.29, 1.82) is 5.26 Å². The summed E-state index contributed by atoms with van der Waals surface area (Å²) in [5.41, 5.74) is 6.60. The number of aromatic nitrogens is 3.